The number of aryl methyl sites for hydroxylation is 1. The first kappa shape index (κ1) is 21.1. The molecule has 1 aliphatic rings. The molecule has 5 nitrogen and oxygen atoms in total. The highest BCUT2D eigenvalue weighted by atomic mass is 16.2. The first-order valence-corrected chi connectivity index (χ1v) is 10.5. The Labute approximate surface area is 173 Å². The minimum atomic E-state index is -0.214. The number of nitrogens with zero attached hydrogens (tertiary/aromatic N) is 1. The molecule has 2 aromatic rings. The van der Waals surface area contributed by atoms with E-state index in [2.05, 4.69) is 22.5 Å². The second kappa shape index (κ2) is 10.2. The number of piperidine rings is 1. The van der Waals surface area contributed by atoms with Gasteiger partial charge in [-0.25, -0.2) is 0 Å². The van der Waals surface area contributed by atoms with E-state index >= 15 is 0 Å². The smallest absolute Gasteiger partial charge is 0.241 e. The maximum atomic E-state index is 12.6. The number of amides is 2. The third-order valence-corrected chi connectivity index (χ3v) is 5.77. The highest BCUT2D eigenvalue weighted by molar-refractivity contribution is 5.94. The standard InChI is InChI=1S/C24H31N3O2/c1-3-19-9-11-22(12-10-19)26-23(28)18(2)27-15-13-21(14-16-27)24(29)25-17-20-7-5-4-6-8-20/h4-12,18,21H,3,13-17H2,1-2H3,(H,25,29)(H,26,28)/t18-/m1/s1. The van der Waals surface area contributed by atoms with Crippen LogP contribution in [0.15, 0.2) is 54.6 Å². The van der Waals surface area contributed by atoms with Crippen LogP contribution < -0.4 is 10.6 Å². The van der Waals surface area contributed by atoms with E-state index in [-0.39, 0.29) is 23.8 Å². The van der Waals surface area contributed by atoms with E-state index in [1.165, 1.54) is 5.56 Å². The van der Waals surface area contributed by atoms with Gasteiger partial charge >= 0.3 is 0 Å². The van der Waals surface area contributed by atoms with Gasteiger partial charge in [-0.1, -0.05) is 49.4 Å². The zero-order valence-corrected chi connectivity index (χ0v) is 17.4. The molecule has 1 fully saturated rings. The number of likely N-dealkylation sites (tertiary alicyclic amines) is 1. The van der Waals surface area contributed by atoms with Crippen LogP contribution >= 0.6 is 0 Å². The summed E-state index contributed by atoms with van der Waals surface area (Å²) in [6.45, 7) is 6.13. The molecule has 0 bridgehead atoms. The monoisotopic (exact) mass is 393 g/mol. The summed E-state index contributed by atoms with van der Waals surface area (Å²) in [7, 11) is 0. The minimum Gasteiger partial charge on any atom is -0.352 e. The van der Waals surface area contributed by atoms with Crippen molar-refractivity contribution in [3.8, 4) is 0 Å². The average Bonchev–Trinajstić information content (AvgIpc) is 2.78. The van der Waals surface area contributed by atoms with Crippen molar-refractivity contribution < 1.29 is 9.59 Å². The Morgan fingerprint density at radius 1 is 1.00 bits per heavy atom. The topological polar surface area (TPSA) is 61.4 Å². The Bertz CT molecular complexity index is 797. The van der Waals surface area contributed by atoms with Gasteiger partial charge in [0.1, 0.15) is 0 Å². The van der Waals surface area contributed by atoms with E-state index in [0.29, 0.717) is 6.54 Å². The number of rotatable bonds is 7. The third kappa shape index (κ3) is 5.91. The highest BCUT2D eigenvalue weighted by Crippen LogP contribution is 2.20. The number of anilines is 1. The number of carbonyl (C=O) groups is 2. The summed E-state index contributed by atoms with van der Waals surface area (Å²) in [5.41, 5.74) is 3.19. The Kier molecular flexibility index (Phi) is 7.42. The summed E-state index contributed by atoms with van der Waals surface area (Å²) >= 11 is 0. The zero-order valence-electron chi connectivity index (χ0n) is 17.4. The highest BCUT2D eigenvalue weighted by Gasteiger charge is 2.29. The van der Waals surface area contributed by atoms with Crippen molar-refractivity contribution in [3.63, 3.8) is 0 Å². The van der Waals surface area contributed by atoms with Crippen LogP contribution in [0.1, 0.15) is 37.8 Å². The molecule has 0 aromatic heterocycles. The second-order valence-corrected chi connectivity index (χ2v) is 7.73. The van der Waals surface area contributed by atoms with E-state index in [1.54, 1.807) is 0 Å². The molecule has 2 N–H and O–H groups in total. The fourth-order valence-corrected chi connectivity index (χ4v) is 3.71. The van der Waals surface area contributed by atoms with Gasteiger partial charge in [-0.05, 0) is 62.5 Å². The van der Waals surface area contributed by atoms with Crippen LogP contribution in [-0.2, 0) is 22.6 Å². The van der Waals surface area contributed by atoms with Crippen molar-refractivity contribution in [2.24, 2.45) is 5.92 Å². The lowest BCUT2D eigenvalue weighted by atomic mass is 9.94. The third-order valence-electron chi connectivity index (χ3n) is 5.77. The van der Waals surface area contributed by atoms with Crippen molar-refractivity contribution in [2.75, 3.05) is 18.4 Å². The van der Waals surface area contributed by atoms with E-state index in [1.807, 2.05) is 61.5 Å². The fraction of sp³-hybridized carbons (Fsp3) is 0.417. The lowest BCUT2D eigenvalue weighted by Gasteiger charge is -2.34. The molecule has 1 saturated heterocycles. The summed E-state index contributed by atoms with van der Waals surface area (Å²) in [4.78, 5) is 27.2. The molecule has 0 spiro atoms. The molecule has 154 valence electrons. The van der Waals surface area contributed by atoms with Gasteiger partial charge in [0.15, 0.2) is 0 Å². The second-order valence-electron chi connectivity index (χ2n) is 7.73. The summed E-state index contributed by atoms with van der Waals surface area (Å²) in [6.07, 6.45) is 2.55. The molecule has 2 aromatic carbocycles. The summed E-state index contributed by atoms with van der Waals surface area (Å²) in [5, 5.41) is 6.04. The largest absolute Gasteiger partial charge is 0.352 e. The van der Waals surface area contributed by atoms with Crippen molar-refractivity contribution >= 4 is 17.5 Å². The number of nitrogens with one attached hydrogen (secondary N) is 2. The molecular weight excluding hydrogens is 362 g/mol. The minimum absolute atomic E-state index is 0.00114. The molecule has 0 unspecified atom stereocenters. The predicted molar refractivity (Wildman–Crippen MR) is 116 cm³/mol. The predicted octanol–water partition coefficient (Wildman–Crippen LogP) is 3.60. The quantitative estimate of drug-likeness (QED) is 0.756. The van der Waals surface area contributed by atoms with Gasteiger partial charge in [0.2, 0.25) is 11.8 Å². The number of benzene rings is 2. The molecule has 0 radical (unpaired) electrons. The Morgan fingerprint density at radius 3 is 2.28 bits per heavy atom. The van der Waals surface area contributed by atoms with Crippen LogP contribution in [0.2, 0.25) is 0 Å². The van der Waals surface area contributed by atoms with Crippen LogP contribution in [0.3, 0.4) is 0 Å². The van der Waals surface area contributed by atoms with Crippen molar-refractivity contribution in [2.45, 2.75) is 45.7 Å². The van der Waals surface area contributed by atoms with E-state index in [0.717, 1.165) is 43.6 Å². The summed E-state index contributed by atoms with van der Waals surface area (Å²) < 4.78 is 0. The van der Waals surface area contributed by atoms with Gasteiger partial charge in [0.25, 0.3) is 0 Å². The maximum absolute atomic E-state index is 12.6. The average molecular weight is 394 g/mol. The van der Waals surface area contributed by atoms with Gasteiger partial charge in [0, 0.05) is 18.2 Å². The van der Waals surface area contributed by atoms with Crippen LogP contribution in [0.25, 0.3) is 0 Å². The summed E-state index contributed by atoms with van der Waals surface area (Å²) in [6, 6.07) is 17.7. The molecular formula is C24H31N3O2. The number of hydrogen-bond donors (Lipinski definition) is 2. The van der Waals surface area contributed by atoms with Crippen LogP contribution in [0.4, 0.5) is 5.69 Å². The molecule has 5 heteroatoms. The zero-order chi connectivity index (χ0) is 20.6. The number of carbonyl (C=O) groups excluding carboxylic acids is 2. The van der Waals surface area contributed by atoms with Gasteiger partial charge in [-0.3, -0.25) is 14.5 Å². The van der Waals surface area contributed by atoms with Crippen molar-refractivity contribution in [1.82, 2.24) is 10.2 Å². The Hall–Kier alpha value is -2.66. The molecule has 3 rings (SSSR count). The first-order valence-electron chi connectivity index (χ1n) is 10.5. The normalized spacial score (nSPS) is 16.2. The lowest BCUT2D eigenvalue weighted by molar-refractivity contribution is -0.127. The Balaban J connectivity index is 1.43. The van der Waals surface area contributed by atoms with E-state index in [4.69, 9.17) is 0 Å². The Morgan fingerprint density at radius 2 is 1.66 bits per heavy atom. The molecule has 0 saturated carbocycles. The molecule has 2 amide bonds. The SMILES string of the molecule is CCc1ccc(NC(=O)[C@@H](C)N2CCC(C(=O)NCc3ccccc3)CC2)cc1. The van der Waals surface area contributed by atoms with Crippen molar-refractivity contribution in [3.05, 3.63) is 65.7 Å². The van der Waals surface area contributed by atoms with Gasteiger partial charge < -0.3 is 10.6 Å². The van der Waals surface area contributed by atoms with Crippen LogP contribution in [0.5, 0.6) is 0 Å². The van der Waals surface area contributed by atoms with Crippen LogP contribution in [0, 0.1) is 5.92 Å². The summed E-state index contributed by atoms with van der Waals surface area (Å²) in [5.74, 6) is 0.134. The molecule has 0 aliphatic carbocycles. The maximum Gasteiger partial charge on any atom is 0.241 e. The molecule has 1 atom stereocenters. The van der Waals surface area contributed by atoms with E-state index < -0.39 is 0 Å². The van der Waals surface area contributed by atoms with Gasteiger partial charge in [0.05, 0.1) is 6.04 Å². The molecule has 29 heavy (non-hydrogen) atoms. The van der Waals surface area contributed by atoms with E-state index in [9.17, 15) is 9.59 Å². The molecule has 1 aliphatic heterocycles. The van der Waals surface area contributed by atoms with Gasteiger partial charge in [-0.15, -0.1) is 0 Å². The number of hydrogen-bond acceptors (Lipinski definition) is 3. The van der Waals surface area contributed by atoms with Crippen LogP contribution in [-0.4, -0.2) is 35.8 Å². The fourth-order valence-electron chi connectivity index (χ4n) is 3.71. The molecule has 1 heterocycles. The lowest BCUT2D eigenvalue weighted by Crippen LogP contribution is -2.48. The van der Waals surface area contributed by atoms with Gasteiger partial charge in [-0.2, -0.15) is 0 Å². The first-order chi connectivity index (χ1) is 14.1. The van der Waals surface area contributed by atoms with Crippen molar-refractivity contribution in [1.29, 1.82) is 0 Å².